The Morgan fingerprint density at radius 1 is 1.43 bits per heavy atom. The Morgan fingerprint density at radius 3 is 2.76 bits per heavy atom. The second-order valence-electron chi connectivity index (χ2n) is 3.27. The molecule has 3 N–H and O–H groups in total. The van der Waals surface area contributed by atoms with Crippen molar-refractivity contribution >= 4 is 18.0 Å². The van der Waals surface area contributed by atoms with Crippen molar-refractivity contribution in [1.29, 1.82) is 5.41 Å². The fraction of sp³-hybridized carbons (Fsp3) is 0.0833. The van der Waals surface area contributed by atoms with Crippen molar-refractivity contribution in [3.05, 3.63) is 36.2 Å². The molecule has 1 heterocycles. The lowest BCUT2D eigenvalue weighted by atomic mass is 10.1. The fourth-order valence-electron chi connectivity index (χ4n) is 1.31. The molecule has 0 radical (unpaired) electrons. The van der Waals surface area contributed by atoms with E-state index in [0.717, 1.165) is 13.4 Å². The van der Waals surface area contributed by atoms with Gasteiger partial charge in [0.1, 0.15) is 11.5 Å². The number of amides is 2. The number of nitrogens with zero attached hydrogens (tertiary/aromatic N) is 2. The number of benzene rings is 1. The summed E-state index contributed by atoms with van der Waals surface area (Å²) in [5.41, 5.74) is -0.220. The third-order valence-electron chi connectivity index (χ3n) is 2.11. The van der Waals surface area contributed by atoms with E-state index in [1.165, 1.54) is 12.1 Å². The van der Waals surface area contributed by atoms with E-state index < -0.39 is 11.6 Å². The standard InChI is InChI=1S/C11H8N4O4.CH4O/c12-9(10(17)14-6-16)7-3-1-2-4-8(7)18-11-13-5-15-19-11;1-2/h1-6,12H,(H,14,16,17);2H,1H3. The second kappa shape index (κ2) is 8.17. The van der Waals surface area contributed by atoms with Crippen LogP contribution in [0.2, 0.25) is 0 Å². The molecule has 0 aliphatic carbocycles. The maximum atomic E-state index is 11.4. The van der Waals surface area contributed by atoms with Crippen molar-refractivity contribution in [2.24, 2.45) is 0 Å². The number of aromatic nitrogens is 2. The first kappa shape index (κ1) is 16.0. The predicted molar refractivity (Wildman–Crippen MR) is 70.0 cm³/mol. The first-order chi connectivity index (χ1) is 10.2. The second-order valence-corrected chi connectivity index (χ2v) is 3.27. The third-order valence-corrected chi connectivity index (χ3v) is 2.11. The summed E-state index contributed by atoms with van der Waals surface area (Å²) in [5.74, 6) is -0.644. The molecule has 9 heteroatoms. The first-order valence-electron chi connectivity index (χ1n) is 5.54. The van der Waals surface area contributed by atoms with Crippen molar-refractivity contribution in [3.8, 4) is 11.8 Å². The lowest BCUT2D eigenvalue weighted by molar-refractivity contribution is -0.120. The smallest absolute Gasteiger partial charge is 0.409 e. The first-order valence-corrected chi connectivity index (χ1v) is 5.54. The van der Waals surface area contributed by atoms with Crippen LogP contribution in [0.15, 0.2) is 35.1 Å². The maximum absolute atomic E-state index is 11.4. The van der Waals surface area contributed by atoms with E-state index in [0.29, 0.717) is 0 Å². The lowest BCUT2D eigenvalue weighted by Gasteiger charge is -2.07. The van der Waals surface area contributed by atoms with Crippen LogP contribution in [0, 0.1) is 5.41 Å². The van der Waals surface area contributed by atoms with Gasteiger partial charge in [-0.1, -0.05) is 17.3 Å². The number of carbonyl (C=O) groups is 2. The fourth-order valence-corrected chi connectivity index (χ4v) is 1.31. The van der Waals surface area contributed by atoms with Gasteiger partial charge in [0.05, 0.1) is 0 Å². The van der Waals surface area contributed by atoms with Gasteiger partial charge in [-0.25, -0.2) is 0 Å². The molecule has 110 valence electrons. The molecule has 0 spiro atoms. The molecule has 0 aliphatic heterocycles. The van der Waals surface area contributed by atoms with Crippen molar-refractivity contribution in [3.63, 3.8) is 0 Å². The van der Waals surface area contributed by atoms with Crippen LogP contribution in [-0.4, -0.2) is 40.4 Å². The highest BCUT2D eigenvalue weighted by Gasteiger charge is 2.17. The molecule has 2 amide bonds. The van der Waals surface area contributed by atoms with E-state index in [2.05, 4.69) is 14.7 Å². The summed E-state index contributed by atoms with van der Waals surface area (Å²) >= 11 is 0. The van der Waals surface area contributed by atoms with Crippen LogP contribution >= 0.6 is 0 Å². The average Bonchev–Trinajstić information content (AvgIpc) is 3.02. The highest BCUT2D eigenvalue weighted by atomic mass is 16.6. The summed E-state index contributed by atoms with van der Waals surface area (Å²) in [6.07, 6.45) is 1.25. The lowest BCUT2D eigenvalue weighted by Crippen LogP contribution is -2.30. The maximum Gasteiger partial charge on any atom is 0.422 e. The number of para-hydroxylation sites is 1. The summed E-state index contributed by atoms with van der Waals surface area (Å²) in [4.78, 5) is 25.3. The molecule has 2 rings (SSSR count). The van der Waals surface area contributed by atoms with Crippen LogP contribution in [0.25, 0.3) is 0 Å². The van der Waals surface area contributed by atoms with Gasteiger partial charge in [-0.05, 0) is 12.1 Å². The Balaban J connectivity index is 0.00000106. The predicted octanol–water partition coefficient (Wildman–Crippen LogP) is 0.111. The quantitative estimate of drug-likeness (QED) is 0.525. The molecule has 0 bridgehead atoms. The molecule has 0 atom stereocenters. The van der Waals surface area contributed by atoms with Gasteiger partial charge in [0.2, 0.25) is 6.41 Å². The summed E-state index contributed by atoms with van der Waals surface area (Å²) in [5, 5.41) is 19.9. The van der Waals surface area contributed by atoms with Crippen molar-refractivity contribution in [2.45, 2.75) is 0 Å². The highest BCUT2D eigenvalue weighted by Crippen LogP contribution is 2.23. The van der Waals surface area contributed by atoms with E-state index in [9.17, 15) is 9.59 Å². The van der Waals surface area contributed by atoms with E-state index in [4.69, 9.17) is 15.3 Å². The van der Waals surface area contributed by atoms with Gasteiger partial charge in [-0.3, -0.25) is 24.8 Å². The van der Waals surface area contributed by atoms with Crippen molar-refractivity contribution < 1.29 is 24.0 Å². The van der Waals surface area contributed by atoms with Gasteiger partial charge in [0.25, 0.3) is 5.91 Å². The van der Waals surface area contributed by atoms with Gasteiger partial charge < -0.3 is 9.84 Å². The number of carbonyl (C=O) groups excluding carboxylic acids is 2. The largest absolute Gasteiger partial charge is 0.422 e. The number of aliphatic hydroxyl groups is 1. The Morgan fingerprint density at radius 2 is 2.14 bits per heavy atom. The number of ether oxygens (including phenoxy) is 1. The summed E-state index contributed by atoms with van der Waals surface area (Å²) < 4.78 is 9.92. The SMILES string of the molecule is CO.N=C(C(=O)NC=O)c1ccccc1Oc1ncno1. The van der Waals surface area contributed by atoms with E-state index >= 15 is 0 Å². The van der Waals surface area contributed by atoms with E-state index in [1.807, 2.05) is 5.32 Å². The molecule has 9 nitrogen and oxygen atoms in total. The summed E-state index contributed by atoms with van der Waals surface area (Å²) in [7, 11) is 1.00. The number of hydrogen-bond donors (Lipinski definition) is 3. The zero-order valence-corrected chi connectivity index (χ0v) is 10.9. The molecular weight excluding hydrogens is 280 g/mol. The Bertz CT molecular complexity index is 612. The minimum atomic E-state index is -0.837. The summed E-state index contributed by atoms with van der Waals surface area (Å²) in [6.45, 7) is 0. The van der Waals surface area contributed by atoms with Crippen LogP contribution in [-0.2, 0) is 9.59 Å². The average molecular weight is 292 g/mol. The summed E-state index contributed by atoms with van der Waals surface area (Å²) in [6, 6.07) is 6.31. The molecule has 0 fully saturated rings. The molecule has 0 saturated heterocycles. The van der Waals surface area contributed by atoms with Crippen LogP contribution in [0.5, 0.6) is 11.8 Å². The molecule has 0 unspecified atom stereocenters. The van der Waals surface area contributed by atoms with Crippen molar-refractivity contribution in [1.82, 2.24) is 15.5 Å². The topological polar surface area (TPSA) is 138 Å². The number of imide groups is 1. The molecular formula is C12H12N4O5. The Kier molecular flexibility index (Phi) is 6.22. The van der Waals surface area contributed by atoms with Gasteiger partial charge in [0, 0.05) is 12.7 Å². The van der Waals surface area contributed by atoms with Crippen LogP contribution < -0.4 is 10.1 Å². The zero-order chi connectivity index (χ0) is 15.7. The highest BCUT2D eigenvalue weighted by molar-refractivity contribution is 6.45. The minimum Gasteiger partial charge on any atom is -0.409 e. The Labute approximate surface area is 119 Å². The van der Waals surface area contributed by atoms with E-state index in [1.54, 1.807) is 12.1 Å². The van der Waals surface area contributed by atoms with E-state index in [-0.39, 0.29) is 23.8 Å². The van der Waals surface area contributed by atoms with Crippen LogP contribution in [0.3, 0.4) is 0 Å². The molecule has 0 aliphatic rings. The van der Waals surface area contributed by atoms with Crippen LogP contribution in [0.4, 0.5) is 0 Å². The number of hydrogen-bond acceptors (Lipinski definition) is 8. The molecule has 0 saturated carbocycles. The molecule has 21 heavy (non-hydrogen) atoms. The monoisotopic (exact) mass is 292 g/mol. The normalized spacial score (nSPS) is 9.05. The molecule has 2 aromatic rings. The molecule has 1 aromatic carbocycles. The van der Waals surface area contributed by atoms with Crippen molar-refractivity contribution in [2.75, 3.05) is 7.11 Å². The van der Waals surface area contributed by atoms with Gasteiger partial charge in [-0.2, -0.15) is 4.98 Å². The zero-order valence-electron chi connectivity index (χ0n) is 10.9. The van der Waals surface area contributed by atoms with Gasteiger partial charge in [-0.15, -0.1) is 0 Å². The third kappa shape index (κ3) is 4.21. The number of rotatable bonds is 5. The number of aliphatic hydroxyl groups excluding tert-OH is 1. The number of nitrogens with one attached hydrogen (secondary N) is 2. The molecule has 1 aromatic heterocycles. The Hall–Kier alpha value is -3.07. The van der Waals surface area contributed by atoms with Crippen LogP contribution in [0.1, 0.15) is 5.56 Å². The minimum absolute atomic E-state index is 0.115. The van der Waals surface area contributed by atoms with Gasteiger partial charge >= 0.3 is 6.08 Å². The van der Waals surface area contributed by atoms with Gasteiger partial charge in [0.15, 0.2) is 6.33 Å².